The lowest BCUT2D eigenvalue weighted by Crippen LogP contribution is -2.27. The van der Waals surface area contributed by atoms with Crippen molar-refractivity contribution in [2.24, 2.45) is 5.73 Å². The van der Waals surface area contributed by atoms with Crippen molar-refractivity contribution in [1.29, 1.82) is 0 Å². The zero-order valence-corrected chi connectivity index (χ0v) is 9.85. The van der Waals surface area contributed by atoms with E-state index in [2.05, 4.69) is 15.1 Å². The summed E-state index contributed by atoms with van der Waals surface area (Å²) in [7, 11) is 0. The molecule has 2 heterocycles. The van der Waals surface area contributed by atoms with Crippen LogP contribution in [-0.4, -0.2) is 23.3 Å². The fourth-order valence-electron chi connectivity index (χ4n) is 1.98. The molecule has 1 aliphatic rings. The molecule has 1 fully saturated rings. The van der Waals surface area contributed by atoms with Gasteiger partial charge >= 0.3 is 6.01 Å². The quantitative estimate of drug-likeness (QED) is 0.830. The van der Waals surface area contributed by atoms with E-state index in [1.807, 2.05) is 6.92 Å². The third-order valence-electron chi connectivity index (χ3n) is 2.95. The first kappa shape index (κ1) is 11.4. The second kappa shape index (κ2) is 5.30. The third kappa shape index (κ3) is 2.72. The molecule has 0 amide bonds. The van der Waals surface area contributed by atoms with E-state index in [9.17, 15) is 0 Å². The average molecular weight is 224 g/mol. The van der Waals surface area contributed by atoms with Gasteiger partial charge in [-0.2, -0.15) is 0 Å². The Morgan fingerprint density at radius 2 is 1.75 bits per heavy atom. The molecule has 0 spiro atoms. The van der Waals surface area contributed by atoms with Gasteiger partial charge in [-0.05, 0) is 19.8 Å². The van der Waals surface area contributed by atoms with E-state index < -0.39 is 0 Å². The number of hydrogen-bond acceptors (Lipinski definition) is 5. The Morgan fingerprint density at radius 3 is 2.31 bits per heavy atom. The van der Waals surface area contributed by atoms with Crippen molar-refractivity contribution < 1.29 is 4.42 Å². The summed E-state index contributed by atoms with van der Waals surface area (Å²) in [4.78, 5) is 2.18. The van der Waals surface area contributed by atoms with Crippen molar-refractivity contribution in [2.45, 2.75) is 45.1 Å². The molecule has 1 unspecified atom stereocenters. The Bertz CT molecular complexity index is 316. The topological polar surface area (TPSA) is 68.2 Å². The molecule has 1 atom stereocenters. The molecule has 0 aromatic carbocycles. The minimum atomic E-state index is -0.184. The Morgan fingerprint density at radius 1 is 1.12 bits per heavy atom. The van der Waals surface area contributed by atoms with Crippen molar-refractivity contribution in [3.05, 3.63) is 5.89 Å². The van der Waals surface area contributed by atoms with Crippen LogP contribution in [0.25, 0.3) is 0 Å². The lowest BCUT2D eigenvalue weighted by Gasteiger charge is -2.22. The number of nitrogens with two attached hydrogens (primary N) is 1. The number of nitrogens with zero attached hydrogens (tertiary/aromatic N) is 3. The molecule has 5 nitrogen and oxygen atoms in total. The molecular formula is C11H20N4O. The van der Waals surface area contributed by atoms with Crippen LogP contribution in [0.1, 0.15) is 51.0 Å². The van der Waals surface area contributed by atoms with Gasteiger partial charge in [0.25, 0.3) is 0 Å². The van der Waals surface area contributed by atoms with Crippen LogP contribution in [0, 0.1) is 0 Å². The number of aromatic nitrogens is 2. The van der Waals surface area contributed by atoms with Gasteiger partial charge in [-0.25, -0.2) is 0 Å². The van der Waals surface area contributed by atoms with E-state index in [1.54, 1.807) is 0 Å². The smallest absolute Gasteiger partial charge is 0.318 e. The van der Waals surface area contributed by atoms with Crippen molar-refractivity contribution in [2.75, 3.05) is 18.0 Å². The van der Waals surface area contributed by atoms with Crippen LogP contribution in [0.4, 0.5) is 6.01 Å². The maximum Gasteiger partial charge on any atom is 0.318 e. The van der Waals surface area contributed by atoms with Crippen molar-refractivity contribution in [3.8, 4) is 0 Å². The Balaban J connectivity index is 2.02. The first-order valence-corrected chi connectivity index (χ1v) is 6.11. The standard InChI is InChI=1S/C11H20N4O/c1-9(12)10-13-14-11(16-10)15-7-5-3-2-4-6-8-15/h9H,2-8,12H2,1H3. The third-order valence-corrected chi connectivity index (χ3v) is 2.95. The summed E-state index contributed by atoms with van der Waals surface area (Å²) in [5.41, 5.74) is 5.70. The summed E-state index contributed by atoms with van der Waals surface area (Å²) in [6.45, 7) is 3.88. The lowest BCUT2D eigenvalue weighted by molar-refractivity contribution is 0.444. The normalized spacial score (nSPS) is 20.2. The maximum atomic E-state index is 5.70. The average Bonchev–Trinajstić information content (AvgIpc) is 2.66. The van der Waals surface area contributed by atoms with Gasteiger partial charge in [-0.1, -0.05) is 24.4 Å². The van der Waals surface area contributed by atoms with Gasteiger partial charge in [-0.3, -0.25) is 0 Å². The van der Waals surface area contributed by atoms with Gasteiger partial charge in [0.05, 0.1) is 6.04 Å². The van der Waals surface area contributed by atoms with E-state index in [4.69, 9.17) is 10.2 Å². The minimum absolute atomic E-state index is 0.184. The summed E-state index contributed by atoms with van der Waals surface area (Å²) in [6.07, 6.45) is 6.35. The van der Waals surface area contributed by atoms with Gasteiger partial charge in [0, 0.05) is 13.1 Å². The number of anilines is 1. The molecule has 2 rings (SSSR count). The second-order valence-electron chi connectivity index (χ2n) is 4.47. The molecule has 90 valence electrons. The van der Waals surface area contributed by atoms with Gasteiger partial charge in [0.15, 0.2) is 0 Å². The number of hydrogen-bond donors (Lipinski definition) is 1. The van der Waals surface area contributed by atoms with E-state index in [0.717, 1.165) is 13.1 Å². The van der Waals surface area contributed by atoms with Crippen molar-refractivity contribution in [1.82, 2.24) is 10.2 Å². The van der Waals surface area contributed by atoms with Crippen molar-refractivity contribution >= 4 is 6.01 Å². The van der Waals surface area contributed by atoms with Crippen molar-refractivity contribution in [3.63, 3.8) is 0 Å². The van der Waals surface area contributed by atoms with E-state index in [1.165, 1.54) is 32.1 Å². The fourth-order valence-corrected chi connectivity index (χ4v) is 1.98. The SMILES string of the molecule is CC(N)c1nnc(N2CCCCCCC2)o1. The summed E-state index contributed by atoms with van der Waals surface area (Å²) in [5, 5.41) is 8.02. The largest absolute Gasteiger partial charge is 0.406 e. The summed E-state index contributed by atoms with van der Waals surface area (Å²) in [6, 6.07) is 0.449. The van der Waals surface area contributed by atoms with Crippen LogP contribution in [0.2, 0.25) is 0 Å². The molecule has 5 heteroatoms. The Kier molecular flexibility index (Phi) is 3.77. The molecule has 0 saturated carbocycles. The molecule has 1 aliphatic heterocycles. The first-order chi connectivity index (χ1) is 7.77. The molecule has 16 heavy (non-hydrogen) atoms. The Labute approximate surface area is 96.0 Å². The van der Waals surface area contributed by atoms with E-state index in [-0.39, 0.29) is 6.04 Å². The van der Waals surface area contributed by atoms with Crippen LogP contribution in [-0.2, 0) is 0 Å². The van der Waals surface area contributed by atoms with Crippen LogP contribution in [0.3, 0.4) is 0 Å². The molecule has 1 aromatic heterocycles. The van der Waals surface area contributed by atoms with Gasteiger partial charge in [-0.15, -0.1) is 5.10 Å². The summed E-state index contributed by atoms with van der Waals surface area (Å²) < 4.78 is 5.56. The molecule has 1 aromatic rings. The first-order valence-electron chi connectivity index (χ1n) is 6.11. The van der Waals surface area contributed by atoms with Gasteiger partial charge < -0.3 is 15.1 Å². The van der Waals surface area contributed by atoms with Crippen LogP contribution < -0.4 is 10.6 Å². The lowest BCUT2D eigenvalue weighted by atomic mass is 10.1. The number of rotatable bonds is 2. The zero-order valence-electron chi connectivity index (χ0n) is 9.85. The highest BCUT2D eigenvalue weighted by molar-refractivity contribution is 5.24. The van der Waals surface area contributed by atoms with E-state index in [0.29, 0.717) is 11.9 Å². The molecular weight excluding hydrogens is 204 g/mol. The maximum absolute atomic E-state index is 5.70. The molecule has 2 N–H and O–H groups in total. The van der Waals surface area contributed by atoms with Crippen LogP contribution in [0.15, 0.2) is 4.42 Å². The van der Waals surface area contributed by atoms with Gasteiger partial charge in [0.2, 0.25) is 5.89 Å². The zero-order chi connectivity index (χ0) is 11.4. The molecule has 0 bridgehead atoms. The molecule has 0 radical (unpaired) electrons. The second-order valence-corrected chi connectivity index (χ2v) is 4.47. The molecule has 0 aliphatic carbocycles. The highest BCUT2D eigenvalue weighted by Gasteiger charge is 2.16. The highest BCUT2D eigenvalue weighted by atomic mass is 16.4. The summed E-state index contributed by atoms with van der Waals surface area (Å²) in [5.74, 6) is 0.525. The highest BCUT2D eigenvalue weighted by Crippen LogP contribution is 2.19. The molecule has 1 saturated heterocycles. The predicted octanol–water partition coefficient (Wildman–Crippen LogP) is 1.86. The summed E-state index contributed by atoms with van der Waals surface area (Å²) >= 11 is 0. The monoisotopic (exact) mass is 224 g/mol. The van der Waals surface area contributed by atoms with Gasteiger partial charge in [0.1, 0.15) is 0 Å². The van der Waals surface area contributed by atoms with Crippen LogP contribution in [0.5, 0.6) is 0 Å². The predicted molar refractivity (Wildman–Crippen MR) is 62.2 cm³/mol. The Hall–Kier alpha value is -1.10. The van der Waals surface area contributed by atoms with E-state index >= 15 is 0 Å². The minimum Gasteiger partial charge on any atom is -0.406 e. The fraction of sp³-hybridized carbons (Fsp3) is 0.818. The van der Waals surface area contributed by atoms with Crippen LogP contribution >= 0.6 is 0 Å².